The van der Waals surface area contributed by atoms with E-state index in [0.29, 0.717) is 0 Å². The minimum Gasteiger partial charge on any atom is -0.346 e. The maximum atomic E-state index is 12.8. The SMILES string of the molecule is O=C(CSc1ccc(F)cc1)NCC(=O)Nc1cccc2c(=O)[nH][nH]c(=O)c12. The number of hydrogen-bond acceptors (Lipinski definition) is 5. The number of nitrogens with one attached hydrogen (secondary N) is 4. The normalized spacial score (nSPS) is 10.6. The number of H-pyrrole nitrogens is 2. The van der Waals surface area contributed by atoms with E-state index in [-0.39, 0.29) is 40.5 Å². The summed E-state index contributed by atoms with van der Waals surface area (Å²) in [5.74, 6) is -1.23. The summed E-state index contributed by atoms with van der Waals surface area (Å²) in [7, 11) is 0. The molecule has 0 radical (unpaired) electrons. The van der Waals surface area contributed by atoms with Crippen LogP contribution in [0.1, 0.15) is 0 Å². The first kappa shape index (κ1) is 19.4. The van der Waals surface area contributed by atoms with Crippen molar-refractivity contribution in [2.45, 2.75) is 4.90 Å². The van der Waals surface area contributed by atoms with E-state index in [4.69, 9.17) is 0 Å². The Balaban J connectivity index is 1.57. The van der Waals surface area contributed by atoms with Crippen molar-refractivity contribution in [2.75, 3.05) is 17.6 Å². The maximum absolute atomic E-state index is 12.8. The van der Waals surface area contributed by atoms with Crippen LogP contribution in [0.15, 0.2) is 56.9 Å². The van der Waals surface area contributed by atoms with Gasteiger partial charge in [0.2, 0.25) is 11.8 Å². The fourth-order valence-electron chi connectivity index (χ4n) is 2.44. The van der Waals surface area contributed by atoms with E-state index >= 15 is 0 Å². The number of aromatic amines is 2. The molecular weight excluding hydrogens is 387 g/mol. The number of fused-ring (bicyclic) bond motifs is 1. The Bertz CT molecular complexity index is 1140. The van der Waals surface area contributed by atoms with Crippen molar-refractivity contribution in [1.82, 2.24) is 15.5 Å². The van der Waals surface area contributed by atoms with Crippen LogP contribution in [0.25, 0.3) is 10.8 Å². The molecule has 28 heavy (non-hydrogen) atoms. The lowest BCUT2D eigenvalue weighted by Gasteiger charge is -2.09. The van der Waals surface area contributed by atoms with Crippen LogP contribution in [0.2, 0.25) is 0 Å². The van der Waals surface area contributed by atoms with Crippen LogP contribution in [0.3, 0.4) is 0 Å². The molecule has 0 saturated carbocycles. The third-order valence-electron chi connectivity index (χ3n) is 3.73. The standard InChI is InChI=1S/C18H15FN4O4S/c19-10-4-6-11(7-5-10)28-9-15(25)20-8-14(24)21-13-3-1-2-12-16(13)18(27)23-22-17(12)26/h1-7H,8-9H2,(H,20,25)(H,21,24)(H,22,26)(H,23,27). The van der Waals surface area contributed by atoms with Crippen molar-refractivity contribution in [3.63, 3.8) is 0 Å². The van der Waals surface area contributed by atoms with E-state index in [1.807, 2.05) is 0 Å². The van der Waals surface area contributed by atoms with Gasteiger partial charge in [-0.05, 0) is 36.4 Å². The van der Waals surface area contributed by atoms with Gasteiger partial charge in [0.1, 0.15) is 5.82 Å². The third kappa shape index (κ3) is 4.65. The Morgan fingerprint density at radius 2 is 1.68 bits per heavy atom. The molecule has 3 aromatic rings. The molecule has 0 unspecified atom stereocenters. The van der Waals surface area contributed by atoms with Crippen LogP contribution in [-0.2, 0) is 9.59 Å². The van der Waals surface area contributed by atoms with E-state index < -0.39 is 17.0 Å². The summed E-state index contributed by atoms with van der Waals surface area (Å²) >= 11 is 1.20. The highest BCUT2D eigenvalue weighted by atomic mass is 32.2. The molecule has 0 saturated heterocycles. The monoisotopic (exact) mass is 402 g/mol. The molecule has 0 fully saturated rings. The highest BCUT2D eigenvalue weighted by Gasteiger charge is 2.12. The third-order valence-corrected chi connectivity index (χ3v) is 4.74. The van der Waals surface area contributed by atoms with Gasteiger partial charge >= 0.3 is 0 Å². The molecule has 3 rings (SSSR count). The Hall–Kier alpha value is -3.40. The zero-order valence-corrected chi connectivity index (χ0v) is 15.2. The van der Waals surface area contributed by atoms with E-state index in [1.54, 1.807) is 12.1 Å². The second-order valence-corrected chi connectivity index (χ2v) is 6.75. The molecule has 0 atom stereocenters. The lowest BCUT2D eigenvalue weighted by atomic mass is 10.1. The van der Waals surface area contributed by atoms with Crippen LogP contribution in [-0.4, -0.2) is 34.3 Å². The molecule has 0 aliphatic carbocycles. The number of carbonyl (C=O) groups is 2. The van der Waals surface area contributed by atoms with Crippen LogP contribution in [0.4, 0.5) is 10.1 Å². The molecule has 2 amide bonds. The summed E-state index contributed by atoms with van der Waals surface area (Å²) < 4.78 is 12.8. The highest BCUT2D eigenvalue weighted by molar-refractivity contribution is 8.00. The molecule has 1 aromatic heterocycles. The summed E-state index contributed by atoms with van der Waals surface area (Å²) in [4.78, 5) is 48.4. The first-order valence-electron chi connectivity index (χ1n) is 8.12. The van der Waals surface area contributed by atoms with Gasteiger partial charge in [0, 0.05) is 4.90 Å². The van der Waals surface area contributed by atoms with Gasteiger partial charge in [0.15, 0.2) is 0 Å². The second-order valence-electron chi connectivity index (χ2n) is 5.70. The summed E-state index contributed by atoms with van der Waals surface area (Å²) in [6.45, 7) is -0.305. The van der Waals surface area contributed by atoms with Crippen LogP contribution < -0.4 is 21.8 Å². The van der Waals surface area contributed by atoms with Crippen molar-refractivity contribution in [1.29, 1.82) is 0 Å². The van der Waals surface area contributed by atoms with E-state index in [2.05, 4.69) is 20.8 Å². The van der Waals surface area contributed by atoms with Gasteiger partial charge in [-0.15, -0.1) is 11.8 Å². The molecular formula is C18H15FN4O4S. The van der Waals surface area contributed by atoms with Gasteiger partial charge in [-0.3, -0.25) is 29.4 Å². The summed E-state index contributed by atoms with van der Waals surface area (Å²) in [5, 5.41) is 9.58. The van der Waals surface area contributed by atoms with Crippen molar-refractivity contribution < 1.29 is 14.0 Å². The van der Waals surface area contributed by atoms with Gasteiger partial charge in [-0.1, -0.05) is 6.07 Å². The molecule has 1 heterocycles. The molecule has 8 nitrogen and oxygen atoms in total. The number of amides is 2. The number of halogens is 1. The van der Waals surface area contributed by atoms with Gasteiger partial charge in [0.05, 0.1) is 28.8 Å². The Kier molecular flexibility index (Phi) is 5.90. The quantitative estimate of drug-likeness (QED) is 0.461. The van der Waals surface area contributed by atoms with Gasteiger partial charge in [-0.25, -0.2) is 4.39 Å². The molecule has 0 bridgehead atoms. The maximum Gasteiger partial charge on any atom is 0.272 e. The summed E-state index contributed by atoms with van der Waals surface area (Å²) in [6.07, 6.45) is 0. The smallest absolute Gasteiger partial charge is 0.272 e. The molecule has 0 aliphatic heterocycles. The Morgan fingerprint density at radius 1 is 0.964 bits per heavy atom. The molecule has 2 aromatic carbocycles. The minimum absolute atomic E-state index is 0.0535. The van der Waals surface area contributed by atoms with Crippen molar-refractivity contribution >= 4 is 40.0 Å². The highest BCUT2D eigenvalue weighted by Crippen LogP contribution is 2.18. The predicted octanol–water partition coefficient (Wildman–Crippen LogP) is 1.20. The number of rotatable bonds is 6. The van der Waals surface area contributed by atoms with Crippen molar-refractivity contribution in [3.05, 3.63) is 69.0 Å². The number of benzene rings is 2. The average Bonchev–Trinajstić information content (AvgIpc) is 2.69. The average molecular weight is 402 g/mol. The number of anilines is 1. The zero-order chi connectivity index (χ0) is 20.1. The number of aromatic nitrogens is 2. The lowest BCUT2D eigenvalue weighted by molar-refractivity contribution is -0.122. The van der Waals surface area contributed by atoms with Crippen LogP contribution >= 0.6 is 11.8 Å². The van der Waals surface area contributed by atoms with E-state index in [0.717, 1.165) is 4.90 Å². The second kappa shape index (κ2) is 8.53. The Morgan fingerprint density at radius 3 is 2.43 bits per heavy atom. The molecule has 0 aliphatic rings. The zero-order valence-electron chi connectivity index (χ0n) is 14.4. The molecule has 4 N–H and O–H groups in total. The molecule has 10 heteroatoms. The van der Waals surface area contributed by atoms with Crippen LogP contribution in [0, 0.1) is 5.82 Å². The van der Waals surface area contributed by atoms with Crippen molar-refractivity contribution in [2.24, 2.45) is 0 Å². The Labute approximate surface area is 161 Å². The first-order valence-corrected chi connectivity index (χ1v) is 9.11. The largest absolute Gasteiger partial charge is 0.346 e. The number of carbonyl (C=O) groups excluding carboxylic acids is 2. The predicted molar refractivity (Wildman–Crippen MR) is 104 cm³/mol. The van der Waals surface area contributed by atoms with Gasteiger partial charge < -0.3 is 10.6 Å². The van der Waals surface area contributed by atoms with Gasteiger partial charge in [-0.2, -0.15) is 0 Å². The molecule has 144 valence electrons. The lowest BCUT2D eigenvalue weighted by Crippen LogP contribution is -2.34. The summed E-state index contributed by atoms with van der Waals surface area (Å²) in [6, 6.07) is 10.2. The topological polar surface area (TPSA) is 124 Å². The van der Waals surface area contributed by atoms with E-state index in [1.165, 1.54) is 42.1 Å². The molecule has 0 spiro atoms. The first-order chi connectivity index (χ1) is 13.4. The fourth-order valence-corrected chi connectivity index (χ4v) is 3.17. The van der Waals surface area contributed by atoms with Crippen molar-refractivity contribution in [3.8, 4) is 0 Å². The van der Waals surface area contributed by atoms with Gasteiger partial charge in [0.25, 0.3) is 11.1 Å². The minimum atomic E-state index is -0.551. The van der Waals surface area contributed by atoms with Crippen LogP contribution in [0.5, 0.6) is 0 Å². The number of thioether (sulfide) groups is 1. The van der Waals surface area contributed by atoms with E-state index in [9.17, 15) is 23.6 Å². The summed E-state index contributed by atoms with van der Waals surface area (Å²) in [5.41, 5.74) is -0.869. The fraction of sp³-hybridized carbons (Fsp3) is 0.111. The number of hydrogen-bond donors (Lipinski definition) is 4.